The lowest BCUT2D eigenvalue weighted by Crippen LogP contribution is -2.35. The molecule has 0 aliphatic carbocycles. The second-order valence-electron chi connectivity index (χ2n) is 4.17. The molecule has 94 valence electrons. The second-order valence-corrected chi connectivity index (χ2v) is 4.17. The average molecular weight is 247 g/mol. The molecule has 1 aliphatic heterocycles. The zero-order chi connectivity index (χ0) is 12.8. The maximum atomic E-state index is 12.7. The highest BCUT2D eigenvalue weighted by Gasteiger charge is 2.41. The van der Waals surface area contributed by atoms with Crippen LogP contribution in [0.5, 0.6) is 0 Å². The minimum atomic E-state index is -4.60. The van der Waals surface area contributed by atoms with Crippen LogP contribution in [0.4, 0.5) is 13.2 Å². The van der Waals surface area contributed by atoms with E-state index in [1.807, 2.05) is 0 Å². The van der Waals surface area contributed by atoms with E-state index in [9.17, 15) is 18.0 Å². The first-order chi connectivity index (χ1) is 7.86. The summed E-state index contributed by atoms with van der Waals surface area (Å²) < 4.78 is 39.5. The summed E-state index contributed by atoms with van der Waals surface area (Å²) in [6.07, 6.45) is -4.37. The van der Waals surface area contributed by atoms with Gasteiger partial charge in [-0.2, -0.15) is 13.2 Å². The molecule has 7 heteroatoms. The lowest BCUT2D eigenvalue weighted by atomic mass is 10.2. The summed E-state index contributed by atoms with van der Waals surface area (Å²) in [7, 11) is 0. The summed E-state index contributed by atoms with van der Waals surface area (Å²) >= 11 is 0. The summed E-state index contributed by atoms with van der Waals surface area (Å²) in [5, 5.41) is 3.04. The molecule has 2 rings (SSSR count). The SMILES string of the molecule is C[C@@H]1CN[C@H](C)c2nc(C(F)(F)F)c(C=O)n21. The quantitative estimate of drug-likeness (QED) is 0.771. The second kappa shape index (κ2) is 3.83. The molecule has 0 saturated heterocycles. The standard InChI is InChI=1S/C10H12F3N3O/c1-5-3-14-6(2)9-15-8(10(11,12)13)7(4-17)16(5)9/h4-6,14H,3H2,1-2H3/t5-,6-/m1/s1. The van der Waals surface area contributed by atoms with Crippen molar-refractivity contribution in [3.8, 4) is 0 Å². The molecule has 1 aliphatic rings. The van der Waals surface area contributed by atoms with E-state index in [-0.39, 0.29) is 29.9 Å². The average Bonchev–Trinajstić information content (AvgIpc) is 2.63. The van der Waals surface area contributed by atoms with Gasteiger partial charge in [0.25, 0.3) is 0 Å². The third-order valence-electron chi connectivity index (χ3n) is 2.90. The first-order valence-electron chi connectivity index (χ1n) is 5.24. The van der Waals surface area contributed by atoms with Crippen LogP contribution in [-0.2, 0) is 6.18 Å². The predicted molar refractivity (Wildman–Crippen MR) is 53.7 cm³/mol. The molecular weight excluding hydrogens is 235 g/mol. The van der Waals surface area contributed by atoms with Crippen LogP contribution in [0.25, 0.3) is 0 Å². The highest BCUT2D eigenvalue weighted by Crippen LogP contribution is 2.35. The molecule has 1 aromatic heterocycles. The van der Waals surface area contributed by atoms with E-state index in [0.717, 1.165) is 0 Å². The number of aromatic nitrogens is 2. The number of hydrogen-bond acceptors (Lipinski definition) is 3. The topological polar surface area (TPSA) is 46.9 Å². The van der Waals surface area contributed by atoms with Crippen LogP contribution >= 0.6 is 0 Å². The molecule has 0 fully saturated rings. The molecule has 4 nitrogen and oxygen atoms in total. The van der Waals surface area contributed by atoms with Crippen LogP contribution in [0.2, 0.25) is 0 Å². The first-order valence-corrected chi connectivity index (χ1v) is 5.24. The number of carbonyl (C=O) groups is 1. The molecular formula is C10H12F3N3O. The van der Waals surface area contributed by atoms with Gasteiger partial charge in [-0.15, -0.1) is 0 Å². The molecule has 0 unspecified atom stereocenters. The zero-order valence-corrected chi connectivity index (χ0v) is 9.38. The predicted octanol–water partition coefficient (Wildman–Crippen LogP) is 1.94. The fourth-order valence-corrected chi connectivity index (χ4v) is 2.08. The van der Waals surface area contributed by atoms with E-state index in [4.69, 9.17) is 0 Å². The molecule has 1 N–H and O–H groups in total. The van der Waals surface area contributed by atoms with Crippen molar-refractivity contribution >= 4 is 6.29 Å². The molecule has 17 heavy (non-hydrogen) atoms. The monoisotopic (exact) mass is 247 g/mol. The van der Waals surface area contributed by atoms with Crippen LogP contribution in [0.1, 0.15) is 47.9 Å². The van der Waals surface area contributed by atoms with Gasteiger partial charge < -0.3 is 9.88 Å². The molecule has 1 aromatic rings. The minimum Gasteiger partial charge on any atom is -0.320 e. The van der Waals surface area contributed by atoms with Crippen molar-refractivity contribution in [2.75, 3.05) is 6.54 Å². The van der Waals surface area contributed by atoms with Gasteiger partial charge in [0.15, 0.2) is 12.0 Å². The van der Waals surface area contributed by atoms with Crippen molar-refractivity contribution in [2.24, 2.45) is 0 Å². The molecule has 0 saturated carbocycles. The van der Waals surface area contributed by atoms with E-state index < -0.39 is 11.9 Å². The van der Waals surface area contributed by atoms with E-state index in [1.54, 1.807) is 13.8 Å². The van der Waals surface area contributed by atoms with Crippen molar-refractivity contribution in [1.82, 2.24) is 14.9 Å². The fourth-order valence-electron chi connectivity index (χ4n) is 2.08. The van der Waals surface area contributed by atoms with Crippen LogP contribution in [-0.4, -0.2) is 22.4 Å². The molecule has 0 spiro atoms. The van der Waals surface area contributed by atoms with Gasteiger partial charge in [0.2, 0.25) is 0 Å². The number of hydrogen-bond donors (Lipinski definition) is 1. The van der Waals surface area contributed by atoms with E-state index >= 15 is 0 Å². The Labute approximate surface area is 95.8 Å². The van der Waals surface area contributed by atoms with Gasteiger partial charge in [-0.1, -0.05) is 0 Å². The molecule has 0 amide bonds. The summed E-state index contributed by atoms with van der Waals surface area (Å²) in [5.41, 5.74) is -1.47. The maximum Gasteiger partial charge on any atom is 0.435 e. The number of rotatable bonds is 1. The van der Waals surface area contributed by atoms with Crippen LogP contribution < -0.4 is 5.32 Å². The number of fused-ring (bicyclic) bond motifs is 1. The van der Waals surface area contributed by atoms with Crippen LogP contribution in [0.3, 0.4) is 0 Å². The van der Waals surface area contributed by atoms with Gasteiger partial charge >= 0.3 is 6.18 Å². The number of nitrogens with one attached hydrogen (secondary N) is 1. The number of imidazole rings is 1. The Morgan fingerprint density at radius 1 is 1.47 bits per heavy atom. The van der Waals surface area contributed by atoms with Gasteiger partial charge in [-0.25, -0.2) is 4.98 Å². The highest BCUT2D eigenvalue weighted by molar-refractivity contribution is 5.75. The number of halogens is 3. The molecule has 2 heterocycles. The van der Waals surface area contributed by atoms with Crippen LogP contribution in [0.15, 0.2) is 0 Å². The van der Waals surface area contributed by atoms with Crippen molar-refractivity contribution in [3.63, 3.8) is 0 Å². The molecule has 0 bridgehead atoms. The fraction of sp³-hybridized carbons (Fsp3) is 0.600. The first kappa shape index (κ1) is 12.1. The van der Waals surface area contributed by atoms with Crippen molar-refractivity contribution < 1.29 is 18.0 Å². The molecule has 0 aromatic carbocycles. The number of carbonyl (C=O) groups excluding carboxylic acids is 1. The lowest BCUT2D eigenvalue weighted by Gasteiger charge is -2.28. The maximum absolute atomic E-state index is 12.7. The van der Waals surface area contributed by atoms with E-state index in [0.29, 0.717) is 6.54 Å². The number of aldehydes is 1. The van der Waals surface area contributed by atoms with Crippen molar-refractivity contribution in [3.05, 3.63) is 17.2 Å². The zero-order valence-electron chi connectivity index (χ0n) is 9.38. The van der Waals surface area contributed by atoms with Crippen LogP contribution in [0, 0.1) is 0 Å². The van der Waals surface area contributed by atoms with Gasteiger partial charge in [-0.05, 0) is 13.8 Å². The Morgan fingerprint density at radius 2 is 2.12 bits per heavy atom. The van der Waals surface area contributed by atoms with Crippen molar-refractivity contribution in [2.45, 2.75) is 32.1 Å². The lowest BCUT2D eigenvalue weighted by molar-refractivity contribution is -0.141. The molecule has 2 atom stereocenters. The Hall–Kier alpha value is -1.37. The summed E-state index contributed by atoms with van der Waals surface area (Å²) in [5.74, 6) is 0.262. The van der Waals surface area contributed by atoms with Gasteiger partial charge in [0.1, 0.15) is 11.5 Å². The minimum absolute atomic E-state index is 0.218. The third kappa shape index (κ3) is 1.84. The largest absolute Gasteiger partial charge is 0.435 e. The highest BCUT2D eigenvalue weighted by atomic mass is 19.4. The Bertz CT molecular complexity index is 452. The Morgan fingerprint density at radius 3 is 2.65 bits per heavy atom. The van der Waals surface area contributed by atoms with E-state index in [1.165, 1.54) is 4.57 Å². The van der Waals surface area contributed by atoms with Gasteiger partial charge in [-0.3, -0.25) is 4.79 Å². The number of alkyl halides is 3. The van der Waals surface area contributed by atoms with Gasteiger partial charge in [0.05, 0.1) is 6.04 Å². The Balaban J connectivity index is 2.66. The summed E-state index contributed by atoms with van der Waals surface area (Å²) in [6, 6.07) is -0.508. The Kier molecular flexibility index (Phi) is 2.73. The van der Waals surface area contributed by atoms with Gasteiger partial charge in [0, 0.05) is 12.6 Å². The van der Waals surface area contributed by atoms with Crippen molar-refractivity contribution in [1.29, 1.82) is 0 Å². The van der Waals surface area contributed by atoms with E-state index in [2.05, 4.69) is 10.3 Å². The number of nitrogens with zero attached hydrogens (tertiary/aromatic N) is 2. The smallest absolute Gasteiger partial charge is 0.320 e. The summed E-state index contributed by atoms with van der Waals surface area (Å²) in [6.45, 7) is 3.99. The summed E-state index contributed by atoms with van der Waals surface area (Å²) in [4.78, 5) is 14.4. The molecule has 0 radical (unpaired) electrons. The third-order valence-corrected chi connectivity index (χ3v) is 2.90. The normalized spacial score (nSPS) is 24.5.